The van der Waals surface area contributed by atoms with Gasteiger partial charge in [-0.15, -0.1) is 0 Å². The number of hydrogen-bond donors (Lipinski definition) is 0. The van der Waals surface area contributed by atoms with E-state index in [9.17, 15) is 8.42 Å². The van der Waals surface area contributed by atoms with Crippen LogP contribution >= 0.6 is 0 Å². The molecule has 3 heterocycles. The molecule has 2 aliphatic heterocycles. The first-order valence-corrected chi connectivity index (χ1v) is 10.5. The molecule has 1 aromatic heterocycles. The minimum atomic E-state index is -3.19. The third-order valence-electron chi connectivity index (χ3n) is 6.69. The van der Waals surface area contributed by atoms with Crippen LogP contribution in [0.3, 0.4) is 0 Å². The molecule has 5 unspecified atom stereocenters. The number of nitrogens with zero attached hydrogens (tertiary/aromatic N) is 3. The van der Waals surface area contributed by atoms with Crippen molar-refractivity contribution in [1.82, 2.24) is 14.3 Å². The Morgan fingerprint density at radius 3 is 2.87 bits per heavy atom. The van der Waals surface area contributed by atoms with Crippen molar-refractivity contribution in [2.45, 2.75) is 57.0 Å². The first-order valence-electron chi connectivity index (χ1n) is 8.92. The maximum atomic E-state index is 13.2. The minimum absolute atomic E-state index is 0.0199. The number of aromatic nitrogens is 2. The van der Waals surface area contributed by atoms with Gasteiger partial charge in [-0.3, -0.25) is 0 Å². The molecule has 2 saturated carbocycles. The van der Waals surface area contributed by atoms with Gasteiger partial charge in [-0.05, 0) is 49.9 Å². The fraction of sp³-hybridized carbons (Fsp3) is 0.765. The molecule has 5 nitrogen and oxygen atoms in total. The minimum Gasteiger partial charge on any atom is -0.244 e. The predicted octanol–water partition coefficient (Wildman–Crippen LogP) is 2.30. The van der Waals surface area contributed by atoms with E-state index < -0.39 is 10.0 Å². The van der Waals surface area contributed by atoms with E-state index in [1.807, 2.05) is 10.5 Å². The van der Waals surface area contributed by atoms with Gasteiger partial charge in [0.05, 0.1) is 17.5 Å². The Hall–Kier alpha value is -1.01. The summed E-state index contributed by atoms with van der Waals surface area (Å²) in [4.78, 5) is 8.51. The molecule has 0 spiro atoms. The second-order valence-electron chi connectivity index (χ2n) is 7.92. The van der Waals surface area contributed by atoms with Crippen molar-refractivity contribution < 1.29 is 8.42 Å². The number of hydrogen-bond acceptors (Lipinski definition) is 4. The van der Waals surface area contributed by atoms with Gasteiger partial charge in [0.15, 0.2) is 0 Å². The van der Waals surface area contributed by atoms with Crippen LogP contribution in [-0.4, -0.2) is 34.5 Å². The van der Waals surface area contributed by atoms with E-state index in [4.69, 9.17) is 0 Å². The molecule has 1 saturated heterocycles. The SMILES string of the molecule is O=S(=O)(CC1CC2CCC1C2)N1C2CCC1c1cncnc1C2. The van der Waals surface area contributed by atoms with E-state index >= 15 is 0 Å². The zero-order chi connectivity index (χ0) is 15.6. The second kappa shape index (κ2) is 4.99. The summed E-state index contributed by atoms with van der Waals surface area (Å²) in [7, 11) is -3.19. The lowest BCUT2D eigenvalue weighted by Gasteiger charge is -2.35. The summed E-state index contributed by atoms with van der Waals surface area (Å²) >= 11 is 0. The van der Waals surface area contributed by atoms with Crippen LogP contribution in [0.15, 0.2) is 12.5 Å². The van der Waals surface area contributed by atoms with E-state index in [-0.39, 0.29) is 12.1 Å². The van der Waals surface area contributed by atoms with Crippen LogP contribution in [0.5, 0.6) is 0 Å². The van der Waals surface area contributed by atoms with Gasteiger partial charge < -0.3 is 0 Å². The van der Waals surface area contributed by atoms with Crippen LogP contribution in [0.1, 0.15) is 55.8 Å². The van der Waals surface area contributed by atoms with Gasteiger partial charge in [-0.2, -0.15) is 4.31 Å². The van der Waals surface area contributed by atoms with Gasteiger partial charge in [0, 0.05) is 24.2 Å². The van der Waals surface area contributed by atoms with Gasteiger partial charge in [0.1, 0.15) is 6.33 Å². The molecular weight excluding hydrogens is 310 g/mol. The molecular formula is C17H23N3O2S. The molecule has 0 aromatic carbocycles. The normalized spacial score (nSPS) is 38.9. The van der Waals surface area contributed by atoms with E-state index in [1.54, 1.807) is 6.33 Å². The van der Waals surface area contributed by atoms with Crippen molar-refractivity contribution in [3.63, 3.8) is 0 Å². The monoisotopic (exact) mass is 333 g/mol. The Bertz CT molecular complexity index is 735. The Labute approximate surface area is 137 Å². The smallest absolute Gasteiger partial charge is 0.215 e. The second-order valence-corrected chi connectivity index (χ2v) is 9.84. The Balaban J connectivity index is 1.43. The topological polar surface area (TPSA) is 63.2 Å². The maximum Gasteiger partial charge on any atom is 0.215 e. The molecule has 3 fully saturated rings. The van der Waals surface area contributed by atoms with Crippen molar-refractivity contribution >= 4 is 10.0 Å². The molecule has 1 aromatic rings. The van der Waals surface area contributed by atoms with Gasteiger partial charge in [-0.25, -0.2) is 18.4 Å². The van der Waals surface area contributed by atoms with Crippen molar-refractivity contribution in [3.05, 3.63) is 23.8 Å². The Morgan fingerprint density at radius 1 is 1.17 bits per heavy atom. The van der Waals surface area contributed by atoms with Crippen LogP contribution in [-0.2, 0) is 16.4 Å². The zero-order valence-electron chi connectivity index (χ0n) is 13.3. The van der Waals surface area contributed by atoms with Crippen LogP contribution in [0, 0.1) is 17.8 Å². The summed E-state index contributed by atoms with van der Waals surface area (Å²) in [6.45, 7) is 0. The molecule has 0 N–H and O–H groups in total. The highest BCUT2D eigenvalue weighted by molar-refractivity contribution is 7.89. The van der Waals surface area contributed by atoms with E-state index in [0.29, 0.717) is 17.6 Å². The molecule has 5 rings (SSSR count). The van der Waals surface area contributed by atoms with E-state index in [2.05, 4.69) is 9.97 Å². The number of fused-ring (bicyclic) bond motifs is 6. The fourth-order valence-corrected chi connectivity index (χ4v) is 8.10. The first-order chi connectivity index (χ1) is 11.1. The zero-order valence-corrected chi connectivity index (χ0v) is 14.1. The highest BCUT2D eigenvalue weighted by Crippen LogP contribution is 2.50. The van der Waals surface area contributed by atoms with Crippen molar-refractivity contribution in [3.8, 4) is 0 Å². The van der Waals surface area contributed by atoms with Crippen molar-refractivity contribution in [2.75, 3.05) is 5.75 Å². The summed E-state index contributed by atoms with van der Waals surface area (Å²) in [6, 6.07) is 0.0968. The fourth-order valence-electron chi connectivity index (χ4n) is 5.74. The van der Waals surface area contributed by atoms with Crippen LogP contribution in [0.25, 0.3) is 0 Å². The number of sulfonamides is 1. The quantitative estimate of drug-likeness (QED) is 0.851. The summed E-state index contributed by atoms with van der Waals surface area (Å²) in [5.41, 5.74) is 2.09. The van der Waals surface area contributed by atoms with Crippen molar-refractivity contribution in [2.24, 2.45) is 17.8 Å². The lowest BCUT2D eigenvalue weighted by Crippen LogP contribution is -2.44. The van der Waals surface area contributed by atoms with Crippen LogP contribution < -0.4 is 0 Å². The standard InChI is InChI=1S/C17H23N3O2S/c21-23(22,9-13-6-11-1-2-12(13)5-11)20-14-3-4-17(20)15-8-18-10-19-16(15)7-14/h8,10-14,17H,1-7,9H2. The van der Waals surface area contributed by atoms with Crippen LogP contribution in [0.2, 0.25) is 0 Å². The molecule has 4 aliphatic rings. The molecule has 0 amide bonds. The molecule has 124 valence electrons. The maximum absolute atomic E-state index is 13.2. The third kappa shape index (κ3) is 2.18. The lowest BCUT2D eigenvalue weighted by molar-refractivity contribution is 0.290. The van der Waals surface area contributed by atoms with E-state index in [0.717, 1.165) is 42.9 Å². The molecule has 0 radical (unpaired) electrons. The van der Waals surface area contributed by atoms with Gasteiger partial charge >= 0.3 is 0 Å². The Kier molecular flexibility index (Phi) is 3.11. The molecule has 5 atom stereocenters. The highest BCUT2D eigenvalue weighted by atomic mass is 32.2. The third-order valence-corrected chi connectivity index (χ3v) is 8.73. The lowest BCUT2D eigenvalue weighted by atomic mass is 9.90. The van der Waals surface area contributed by atoms with Gasteiger partial charge in [0.2, 0.25) is 10.0 Å². The van der Waals surface area contributed by atoms with Gasteiger partial charge in [-0.1, -0.05) is 6.42 Å². The molecule has 4 bridgehead atoms. The van der Waals surface area contributed by atoms with Gasteiger partial charge in [0.25, 0.3) is 0 Å². The van der Waals surface area contributed by atoms with E-state index in [1.165, 1.54) is 19.3 Å². The predicted molar refractivity (Wildman–Crippen MR) is 86.1 cm³/mol. The Morgan fingerprint density at radius 2 is 2.09 bits per heavy atom. The average Bonchev–Trinajstić information content (AvgIpc) is 3.21. The highest BCUT2D eigenvalue weighted by Gasteiger charge is 2.49. The van der Waals surface area contributed by atoms with Crippen molar-refractivity contribution in [1.29, 1.82) is 0 Å². The largest absolute Gasteiger partial charge is 0.244 e. The number of rotatable bonds is 3. The summed E-state index contributed by atoms with van der Waals surface area (Å²) < 4.78 is 28.2. The first kappa shape index (κ1) is 14.3. The molecule has 23 heavy (non-hydrogen) atoms. The molecule has 2 aliphatic carbocycles. The summed E-state index contributed by atoms with van der Waals surface area (Å²) in [5.74, 6) is 2.22. The summed E-state index contributed by atoms with van der Waals surface area (Å²) in [6.07, 6.45) is 11.0. The average molecular weight is 333 g/mol. The molecule has 6 heteroatoms. The van der Waals surface area contributed by atoms with Crippen LogP contribution in [0.4, 0.5) is 0 Å². The summed E-state index contributed by atoms with van der Waals surface area (Å²) in [5, 5.41) is 0.